The Kier molecular flexibility index (Phi) is 9.03. The molecule has 0 spiro atoms. The van der Waals surface area contributed by atoms with Crippen LogP contribution in [0.4, 0.5) is 24.8 Å². The first kappa shape index (κ1) is 27.9. The van der Waals surface area contributed by atoms with Gasteiger partial charge in [-0.3, -0.25) is 9.59 Å². The third-order valence-corrected chi connectivity index (χ3v) is 6.07. The zero-order valence-corrected chi connectivity index (χ0v) is 21.4. The average molecular weight is 560 g/mol. The number of ether oxygens (including phenoxy) is 1. The van der Waals surface area contributed by atoms with Gasteiger partial charge in [-0.05, 0) is 54.8 Å². The largest absolute Gasteiger partial charge is 0.439 e. The Bertz CT molecular complexity index is 1370. The second kappa shape index (κ2) is 12.6. The molecule has 4 rings (SSSR count). The van der Waals surface area contributed by atoms with Crippen molar-refractivity contribution in [3.05, 3.63) is 77.0 Å². The molecule has 1 saturated heterocycles. The van der Waals surface area contributed by atoms with E-state index in [1.807, 2.05) is 4.90 Å². The van der Waals surface area contributed by atoms with Crippen molar-refractivity contribution in [2.45, 2.75) is 25.4 Å². The van der Waals surface area contributed by atoms with Crippen LogP contribution in [0.3, 0.4) is 0 Å². The molecule has 1 fully saturated rings. The van der Waals surface area contributed by atoms with Crippen molar-refractivity contribution in [3.8, 4) is 11.6 Å². The van der Waals surface area contributed by atoms with Gasteiger partial charge in [-0.1, -0.05) is 23.7 Å². The lowest BCUT2D eigenvalue weighted by molar-refractivity contribution is -0.137. The number of nitrogens with one attached hydrogen (secondary N) is 2. The highest BCUT2D eigenvalue weighted by Gasteiger charge is 2.33. The molecular formula is C27H25ClF3N5O3. The van der Waals surface area contributed by atoms with Crippen LogP contribution in [-0.4, -0.2) is 46.3 Å². The summed E-state index contributed by atoms with van der Waals surface area (Å²) >= 11 is 5.61. The summed E-state index contributed by atoms with van der Waals surface area (Å²) in [6.45, 7) is 2.10. The second-order valence-electron chi connectivity index (χ2n) is 8.67. The van der Waals surface area contributed by atoms with Crippen molar-refractivity contribution < 1.29 is 27.5 Å². The van der Waals surface area contributed by atoms with Crippen molar-refractivity contribution in [2.75, 3.05) is 30.3 Å². The first-order valence-corrected chi connectivity index (χ1v) is 12.5. The van der Waals surface area contributed by atoms with Gasteiger partial charge in [-0.2, -0.15) is 18.2 Å². The number of hydrogen-bond donors (Lipinski definition) is 2. The fourth-order valence-corrected chi connectivity index (χ4v) is 4.10. The van der Waals surface area contributed by atoms with Crippen LogP contribution in [0.5, 0.6) is 11.6 Å². The van der Waals surface area contributed by atoms with Gasteiger partial charge < -0.3 is 20.3 Å². The van der Waals surface area contributed by atoms with Gasteiger partial charge in [0.15, 0.2) is 0 Å². The Labute approximate surface area is 227 Å². The van der Waals surface area contributed by atoms with Gasteiger partial charge in [0.1, 0.15) is 5.75 Å². The number of rotatable bonds is 10. The molecule has 2 heterocycles. The SMILES string of the molecule is O=C(/C=C/c1cccc(Oc2ccnc(NCCCN3CCCC3=O)n2)c1)Nc1ccc(Cl)c(C(F)(F)F)c1. The lowest BCUT2D eigenvalue weighted by atomic mass is 10.2. The third kappa shape index (κ3) is 8.18. The molecule has 2 aromatic carbocycles. The Morgan fingerprint density at radius 2 is 2.03 bits per heavy atom. The van der Waals surface area contributed by atoms with Crippen LogP contribution in [-0.2, 0) is 15.8 Å². The number of carbonyl (C=O) groups excluding carboxylic acids is 2. The Balaban J connectivity index is 1.31. The maximum Gasteiger partial charge on any atom is 0.417 e. The van der Waals surface area contributed by atoms with Gasteiger partial charge in [0.25, 0.3) is 0 Å². The van der Waals surface area contributed by atoms with Crippen LogP contribution in [0.1, 0.15) is 30.4 Å². The number of anilines is 2. The molecule has 3 aromatic rings. The summed E-state index contributed by atoms with van der Waals surface area (Å²) in [6.07, 6.45) is 1.92. The van der Waals surface area contributed by atoms with Gasteiger partial charge in [0.2, 0.25) is 23.6 Å². The maximum absolute atomic E-state index is 13.0. The van der Waals surface area contributed by atoms with E-state index < -0.39 is 22.7 Å². The molecule has 1 aromatic heterocycles. The molecule has 39 heavy (non-hydrogen) atoms. The summed E-state index contributed by atoms with van der Waals surface area (Å²) < 4.78 is 44.9. The molecule has 0 aliphatic carbocycles. The number of likely N-dealkylation sites (tertiary alicyclic amines) is 1. The van der Waals surface area contributed by atoms with Crippen LogP contribution in [0.2, 0.25) is 5.02 Å². The first-order valence-electron chi connectivity index (χ1n) is 12.2. The van der Waals surface area contributed by atoms with Crippen LogP contribution in [0, 0.1) is 0 Å². The summed E-state index contributed by atoms with van der Waals surface area (Å²) in [4.78, 5) is 34.3. The minimum absolute atomic E-state index is 0.0313. The molecule has 1 aliphatic heterocycles. The Morgan fingerprint density at radius 1 is 1.18 bits per heavy atom. The quantitative estimate of drug-likeness (QED) is 0.233. The second-order valence-corrected chi connectivity index (χ2v) is 9.08. The number of halogens is 4. The molecule has 12 heteroatoms. The van der Waals surface area contributed by atoms with Crippen molar-refractivity contribution in [3.63, 3.8) is 0 Å². The fourth-order valence-electron chi connectivity index (χ4n) is 3.87. The minimum atomic E-state index is -4.64. The van der Waals surface area contributed by atoms with Gasteiger partial charge in [-0.25, -0.2) is 4.98 Å². The molecule has 0 unspecified atom stereocenters. The molecule has 2 amide bonds. The van der Waals surface area contributed by atoms with Crippen molar-refractivity contribution >= 4 is 41.1 Å². The van der Waals surface area contributed by atoms with Crippen molar-refractivity contribution in [2.24, 2.45) is 0 Å². The number of aromatic nitrogens is 2. The number of nitrogens with zero attached hydrogens (tertiary/aromatic N) is 3. The number of alkyl halides is 3. The fraction of sp³-hybridized carbons (Fsp3) is 0.259. The van der Waals surface area contributed by atoms with E-state index in [0.29, 0.717) is 42.7 Å². The molecule has 8 nitrogen and oxygen atoms in total. The smallest absolute Gasteiger partial charge is 0.417 e. The van der Waals surface area contributed by atoms with Crippen molar-refractivity contribution in [1.82, 2.24) is 14.9 Å². The lowest BCUT2D eigenvalue weighted by Crippen LogP contribution is -2.27. The number of amides is 2. The van der Waals surface area contributed by atoms with E-state index >= 15 is 0 Å². The molecule has 0 atom stereocenters. The predicted octanol–water partition coefficient (Wildman–Crippen LogP) is 6.02. The van der Waals surface area contributed by atoms with E-state index in [2.05, 4.69) is 20.6 Å². The molecule has 0 bridgehead atoms. The summed E-state index contributed by atoms with van der Waals surface area (Å²) in [5.41, 5.74) is -0.438. The molecule has 0 saturated carbocycles. The topological polar surface area (TPSA) is 96.5 Å². The number of benzene rings is 2. The van der Waals surface area contributed by atoms with E-state index in [9.17, 15) is 22.8 Å². The van der Waals surface area contributed by atoms with Crippen LogP contribution in [0.25, 0.3) is 6.08 Å². The number of hydrogen-bond acceptors (Lipinski definition) is 6. The normalized spacial score (nSPS) is 13.6. The molecule has 0 radical (unpaired) electrons. The zero-order chi connectivity index (χ0) is 27.8. The molecular weight excluding hydrogens is 535 g/mol. The molecule has 1 aliphatic rings. The average Bonchev–Trinajstić information content (AvgIpc) is 3.31. The highest BCUT2D eigenvalue weighted by molar-refractivity contribution is 6.31. The zero-order valence-electron chi connectivity index (χ0n) is 20.7. The molecule has 2 N–H and O–H groups in total. The summed E-state index contributed by atoms with van der Waals surface area (Å²) in [6, 6.07) is 11.6. The summed E-state index contributed by atoms with van der Waals surface area (Å²) in [5.74, 6) is 0.744. The monoisotopic (exact) mass is 559 g/mol. The van der Waals surface area contributed by atoms with Gasteiger partial charge >= 0.3 is 6.18 Å². The lowest BCUT2D eigenvalue weighted by Gasteiger charge is -2.15. The van der Waals surface area contributed by atoms with E-state index in [1.165, 1.54) is 18.2 Å². The maximum atomic E-state index is 13.0. The standard InChI is InChI=1S/C27H25ClF3N5O3/c28-22-9-8-19(17-21(22)27(29,30)31)34-23(37)10-7-18-4-1-5-20(16-18)39-24-11-13-33-26(35-24)32-12-3-15-36-14-2-6-25(36)38/h1,4-5,7-11,13,16-17H,2-3,6,12,14-15H2,(H,34,37)(H,32,33,35)/b10-7+. The summed E-state index contributed by atoms with van der Waals surface area (Å²) in [7, 11) is 0. The summed E-state index contributed by atoms with van der Waals surface area (Å²) in [5, 5.41) is 5.07. The highest BCUT2D eigenvalue weighted by Crippen LogP contribution is 2.36. The first-order chi connectivity index (χ1) is 18.7. The minimum Gasteiger partial charge on any atom is -0.439 e. The Morgan fingerprint density at radius 3 is 2.79 bits per heavy atom. The van der Waals surface area contributed by atoms with E-state index in [1.54, 1.807) is 36.5 Å². The van der Waals surface area contributed by atoms with Gasteiger partial charge in [-0.15, -0.1) is 0 Å². The molecule has 204 valence electrons. The van der Waals surface area contributed by atoms with Crippen LogP contribution in [0.15, 0.2) is 60.8 Å². The third-order valence-electron chi connectivity index (χ3n) is 5.74. The number of carbonyl (C=O) groups is 2. The van der Waals surface area contributed by atoms with Gasteiger partial charge in [0, 0.05) is 50.1 Å². The predicted molar refractivity (Wildman–Crippen MR) is 142 cm³/mol. The van der Waals surface area contributed by atoms with Gasteiger partial charge in [0.05, 0.1) is 10.6 Å². The van der Waals surface area contributed by atoms with E-state index in [0.717, 1.165) is 31.5 Å². The Hall–Kier alpha value is -4.12. The highest BCUT2D eigenvalue weighted by atomic mass is 35.5. The van der Waals surface area contributed by atoms with Crippen molar-refractivity contribution in [1.29, 1.82) is 0 Å². The van der Waals surface area contributed by atoms with E-state index in [4.69, 9.17) is 16.3 Å². The van der Waals surface area contributed by atoms with Crippen LogP contribution < -0.4 is 15.4 Å². The van der Waals surface area contributed by atoms with E-state index in [-0.39, 0.29) is 11.6 Å². The van der Waals surface area contributed by atoms with Crippen LogP contribution >= 0.6 is 11.6 Å².